The van der Waals surface area contributed by atoms with Gasteiger partial charge in [0.2, 0.25) is 11.8 Å². The molecule has 3 aliphatic rings. The number of imide groups is 2. The summed E-state index contributed by atoms with van der Waals surface area (Å²) < 4.78 is 6.03. The predicted molar refractivity (Wildman–Crippen MR) is 113 cm³/mol. The standard InChI is InChI=1S/C22H23N3O4S/c1-11-9-30-10-16(11)14-4-5-17-15(6-14)7-22(19(26)23-21(28)24-20(22)27)18-13(3)29-12(2)8-25(17)18/h4-6,9-10,12-13,18H,7-8H2,1-3H3,(H2,23,24,26,27,28)/t12-,13+,18-/m1/s1. The Morgan fingerprint density at radius 1 is 1.13 bits per heavy atom. The number of fused-ring (bicyclic) bond motifs is 4. The molecule has 0 radical (unpaired) electrons. The van der Waals surface area contributed by atoms with Crippen molar-refractivity contribution < 1.29 is 19.1 Å². The van der Waals surface area contributed by atoms with Crippen LogP contribution >= 0.6 is 11.3 Å². The van der Waals surface area contributed by atoms with E-state index >= 15 is 0 Å². The van der Waals surface area contributed by atoms with E-state index in [4.69, 9.17) is 4.74 Å². The second-order valence-electron chi connectivity index (χ2n) is 8.45. The molecule has 0 aliphatic carbocycles. The minimum absolute atomic E-state index is 0.0469. The van der Waals surface area contributed by atoms with Crippen LogP contribution in [0.4, 0.5) is 10.5 Å². The Bertz CT molecular complexity index is 1060. The molecule has 0 saturated carbocycles. The van der Waals surface area contributed by atoms with Crippen LogP contribution in [0.1, 0.15) is 25.0 Å². The lowest BCUT2D eigenvalue weighted by Gasteiger charge is -2.55. The van der Waals surface area contributed by atoms with E-state index in [1.165, 1.54) is 5.56 Å². The fourth-order valence-corrected chi connectivity index (χ4v) is 6.13. The van der Waals surface area contributed by atoms with Crippen LogP contribution < -0.4 is 15.5 Å². The molecule has 2 N–H and O–H groups in total. The second kappa shape index (κ2) is 6.65. The summed E-state index contributed by atoms with van der Waals surface area (Å²) in [5.74, 6) is -1.11. The highest BCUT2D eigenvalue weighted by atomic mass is 32.1. The van der Waals surface area contributed by atoms with E-state index in [0.29, 0.717) is 6.54 Å². The third-order valence-electron chi connectivity index (χ3n) is 6.48. The average molecular weight is 426 g/mol. The molecule has 4 amide bonds. The van der Waals surface area contributed by atoms with Crippen molar-refractivity contribution in [2.75, 3.05) is 11.4 Å². The molecule has 0 unspecified atom stereocenters. The number of carbonyl (C=O) groups is 3. The molecule has 8 heteroatoms. The van der Waals surface area contributed by atoms with Gasteiger partial charge in [-0.15, -0.1) is 0 Å². The molecule has 156 valence electrons. The van der Waals surface area contributed by atoms with Crippen molar-refractivity contribution in [2.24, 2.45) is 5.41 Å². The molecule has 5 rings (SSSR count). The number of morpholine rings is 1. The lowest BCUT2D eigenvalue weighted by Crippen LogP contribution is -2.75. The van der Waals surface area contributed by atoms with Gasteiger partial charge in [0.15, 0.2) is 5.41 Å². The molecule has 1 spiro atoms. The van der Waals surface area contributed by atoms with Gasteiger partial charge in [-0.3, -0.25) is 20.2 Å². The van der Waals surface area contributed by atoms with Crippen molar-refractivity contribution in [3.05, 3.63) is 40.1 Å². The van der Waals surface area contributed by atoms with Gasteiger partial charge in [0.1, 0.15) is 0 Å². The smallest absolute Gasteiger partial charge is 0.328 e. The number of anilines is 1. The van der Waals surface area contributed by atoms with Crippen molar-refractivity contribution in [1.29, 1.82) is 0 Å². The number of hydrogen-bond donors (Lipinski definition) is 2. The maximum atomic E-state index is 13.2. The predicted octanol–water partition coefficient (Wildman–Crippen LogP) is 2.61. The van der Waals surface area contributed by atoms with Crippen LogP contribution in [0.2, 0.25) is 0 Å². The molecule has 1 aromatic carbocycles. The first-order valence-corrected chi connectivity index (χ1v) is 11.0. The summed E-state index contributed by atoms with van der Waals surface area (Å²) >= 11 is 1.65. The first kappa shape index (κ1) is 19.3. The van der Waals surface area contributed by atoms with Gasteiger partial charge in [-0.25, -0.2) is 4.79 Å². The van der Waals surface area contributed by atoms with E-state index in [0.717, 1.165) is 22.4 Å². The molecule has 3 aliphatic heterocycles. The summed E-state index contributed by atoms with van der Waals surface area (Å²) in [7, 11) is 0. The Hall–Kier alpha value is -2.71. The van der Waals surface area contributed by atoms with Crippen LogP contribution in [0.3, 0.4) is 0 Å². The minimum atomic E-state index is -1.43. The zero-order valence-corrected chi connectivity index (χ0v) is 17.8. The number of ether oxygens (including phenoxy) is 1. The zero-order valence-electron chi connectivity index (χ0n) is 17.0. The van der Waals surface area contributed by atoms with Crippen LogP contribution in [0, 0.1) is 12.3 Å². The molecular weight excluding hydrogens is 402 g/mol. The van der Waals surface area contributed by atoms with Gasteiger partial charge in [0.25, 0.3) is 0 Å². The van der Waals surface area contributed by atoms with Crippen molar-refractivity contribution in [3.8, 4) is 11.1 Å². The highest BCUT2D eigenvalue weighted by Gasteiger charge is 2.62. The molecule has 4 heterocycles. The highest BCUT2D eigenvalue weighted by Crippen LogP contribution is 2.47. The first-order valence-electron chi connectivity index (χ1n) is 10.1. The number of nitrogens with zero attached hydrogens (tertiary/aromatic N) is 1. The lowest BCUT2D eigenvalue weighted by molar-refractivity contribution is -0.153. The summed E-state index contributed by atoms with van der Waals surface area (Å²) in [5, 5.41) is 8.86. The monoisotopic (exact) mass is 425 g/mol. The largest absolute Gasteiger partial charge is 0.372 e. The topological polar surface area (TPSA) is 87.7 Å². The van der Waals surface area contributed by atoms with E-state index in [-0.39, 0.29) is 18.6 Å². The Labute approximate surface area is 178 Å². The minimum Gasteiger partial charge on any atom is -0.372 e. The third kappa shape index (κ3) is 2.63. The van der Waals surface area contributed by atoms with Crippen molar-refractivity contribution >= 4 is 34.9 Å². The van der Waals surface area contributed by atoms with Gasteiger partial charge in [0, 0.05) is 12.2 Å². The van der Waals surface area contributed by atoms with Gasteiger partial charge in [-0.2, -0.15) is 11.3 Å². The van der Waals surface area contributed by atoms with E-state index in [2.05, 4.69) is 51.4 Å². The summed E-state index contributed by atoms with van der Waals surface area (Å²) in [4.78, 5) is 40.3. The number of urea groups is 1. The Balaban J connectivity index is 1.69. The quantitative estimate of drug-likeness (QED) is 0.686. The number of aryl methyl sites for hydroxylation is 1. The third-order valence-corrected chi connectivity index (χ3v) is 7.34. The van der Waals surface area contributed by atoms with E-state index in [9.17, 15) is 14.4 Å². The fourth-order valence-electron chi connectivity index (χ4n) is 5.27. The zero-order chi connectivity index (χ0) is 21.2. The van der Waals surface area contributed by atoms with Crippen LogP contribution in [0.15, 0.2) is 29.0 Å². The summed E-state index contributed by atoms with van der Waals surface area (Å²) in [6, 6.07) is 4.98. The van der Waals surface area contributed by atoms with Crippen molar-refractivity contribution in [1.82, 2.24) is 10.6 Å². The normalized spacial score (nSPS) is 27.4. The molecular formula is C22H23N3O4S. The summed E-state index contributed by atoms with van der Waals surface area (Å²) in [6.45, 7) is 6.51. The number of rotatable bonds is 1. The van der Waals surface area contributed by atoms with Crippen molar-refractivity contribution in [2.45, 2.75) is 45.4 Å². The van der Waals surface area contributed by atoms with Crippen LogP contribution in [-0.2, 0) is 20.7 Å². The van der Waals surface area contributed by atoms with Gasteiger partial charge in [-0.05, 0) is 72.3 Å². The molecule has 1 aromatic heterocycles. The molecule has 2 saturated heterocycles. The van der Waals surface area contributed by atoms with Gasteiger partial charge in [0.05, 0.1) is 18.2 Å². The number of nitrogens with one attached hydrogen (secondary N) is 2. The van der Waals surface area contributed by atoms with E-state index in [1.54, 1.807) is 11.3 Å². The van der Waals surface area contributed by atoms with Gasteiger partial charge >= 0.3 is 6.03 Å². The lowest BCUT2D eigenvalue weighted by atomic mass is 9.66. The van der Waals surface area contributed by atoms with Crippen LogP contribution in [0.25, 0.3) is 11.1 Å². The maximum absolute atomic E-state index is 13.2. The fraction of sp³-hybridized carbons (Fsp3) is 0.409. The Kier molecular flexibility index (Phi) is 4.27. The molecule has 2 fully saturated rings. The number of amides is 4. The number of thiophene rings is 1. The van der Waals surface area contributed by atoms with Crippen LogP contribution in [-0.4, -0.2) is 42.6 Å². The SMILES string of the molecule is Cc1cscc1-c1ccc2c(c1)CC1(C(=O)NC(=O)NC1=O)[C@H]1[C@H](C)O[C@H](C)CN21. The Morgan fingerprint density at radius 2 is 1.87 bits per heavy atom. The number of barbiturate groups is 1. The van der Waals surface area contributed by atoms with Crippen molar-refractivity contribution in [3.63, 3.8) is 0 Å². The molecule has 3 atom stereocenters. The maximum Gasteiger partial charge on any atom is 0.328 e. The molecule has 2 aromatic rings. The molecule has 30 heavy (non-hydrogen) atoms. The van der Waals surface area contributed by atoms with Crippen LogP contribution in [0.5, 0.6) is 0 Å². The van der Waals surface area contributed by atoms with E-state index in [1.807, 2.05) is 13.8 Å². The average Bonchev–Trinajstić information content (AvgIpc) is 3.11. The van der Waals surface area contributed by atoms with Gasteiger partial charge in [-0.1, -0.05) is 6.07 Å². The number of benzene rings is 1. The highest BCUT2D eigenvalue weighted by molar-refractivity contribution is 7.08. The molecule has 0 bridgehead atoms. The Morgan fingerprint density at radius 3 is 2.53 bits per heavy atom. The number of hydrogen-bond acceptors (Lipinski definition) is 6. The van der Waals surface area contributed by atoms with Gasteiger partial charge < -0.3 is 9.64 Å². The first-order chi connectivity index (χ1) is 14.3. The number of carbonyl (C=O) groups excluding carboxylic acids is 3. The molecule has 7 nitrogen and oxygen atoms in total. The van der Waals surface area contributed by atoms with E-state index < -0.39 is 29.3 Å². The summed E-state index contributed by atoms with van der Waals surface area (Å²) in [5.41, 5.74) is 3.91. The summed E-state index contributed by atoms with van der Waals surface area (Å²) in [6.07, 6.45) is -0.187. The second-order valence-corrected chi connectivity index (χ2v) is 9.19.